The van der Waals surface area contributed by atoms with Crippen molar-refractivity contribution in [1.82, 2.24) is 9.97 Å². The minimum absolute atomic E-state index is 0.684. The average Bonchev–Trinajstić information content (AvgIpc) is 3.12. The Morgan fingerprint density at radius 1 is 1.33 bits per heavy atom. The summed E-state index contributed by atoms with van der Waals surface area (Å²) in [5, 5.41) is 6.50. The van der Waals surface area contributed by atoms with Crippen LogP contribution in [0.15, 0.2) is 34.4 Å². The lowest BCUT2D eigenvalue weighted by Gasteiger charge is -2.11. The van der Waals surface area contributed by atoms with Crippen LogP contribution >= 0.6 is 27.3 Å². The zero-order valence-electron chi connectivity index (χ0n) is 11.1. The molecule has 1 aromatic carbocycles. The van der Waals surface area contributed by atoms with Gasteiger partial charge in [-0.05, 0) is 29.1 Å². The number of nitrogens with zero attached hydrogens (tertiary/aromatic N) is 2. The number of nitrogens with one attached hydrogen (secondary N) is 1. The van der Waals surface area contributed by atoms with E-state index in [4.69, 9.17) is 4.74 Å². The van der Waals surface area contributed by atoms with Gasteiger partial charge >= 0.3 is 0 Å². The first-order chi connectivity index (χ1) is 10.3. The van der Waals surface area contributed by atoms with Crippen molar-refractivity contribution in [2.24, 2.45) is 0 Å². The molecular weight excluding hydrogens is 350 g/mol. The normalized spacial score (nSPS) is 13.2. The molecule has 0 spiro atoms. The highest BCUT2D eigenvalue weighted by molar-refractivity contribution is 9.10. The summed E-state index contributed by atoms with van der Waals surface area (Å²) in [6.07, 6.45) is 2.58. The summed E-state index contributed by atoms with van der Waals surface area (Å²) >= 11 is 5.19. The predicted molar refractivity (Wildman–Crippen MR) is 88.1 cm³/mol. The summed E-state index contributed by atoms with van der Waals surface area (Å²) < 4.78 is 6.84. The molecule has 3 aromatic rings. The van der Waals surface area contributed by atoms with Gasteiger partial charge < -0.3 is 10.1 Å². The molecule has 1 aliphatic rings. The molecule has 0 bridgehead atoms. The van der Waals surface area contributed by atoms with E-state index in [0.717, 1.165) is 44.8 Å². The van der Waals surface area contributed by atoms with Gasteiger partial charge in [-0.15, -0.1) is 11.3 Å². The van der Waals surface area contributed by atoms with Crippen LogP contribution in [0.3, 0.4) is 0 Å². The second-order valence-electron chi connectivity index (χ2n) is 4.87. The van der Waals surface area contributed by atoms with Crippen LogP contribution in [0.1, 0.15) is 11.1 Å². The average molecular weight is 362 g/mol. The van der Waals surface area contributed by atoms with Gasteiger partial charge in [0.25, 0.3) is 0 Å². The standard InChI is InChI=1S/C15H12BrN3OS/c16-11-5-9-1-3-20-13(9)10(6-11)7-17-14-12-2-4-21-15(12)19-8-18-14/h2,4-6,8H,1,3,7H2,(H,17,18,19). The SMILES string of the molecule is Brc1cc2c(c(CNc3ncnc4sccc34)c1)OCC2. The molecule has 3 heterocycles. The minimum atomic E-state index is 0.684. The molecule has 0 unspecified atom stereocenters. The van der Waals surface area contributed by atoms with Crippen LogP contribution in [0.5, 0.6) is 5.75 Å². The van der Waals surface area contributed by atoms with Crippen LogP contribution in [0.2, 0.25) is 0 Å². The van der Waals surface area contributed by atoms with E-state index in [1.807, 2.05) is 11.4 Å². The summed E-state index contributed by atoms with van der Waals surface area (Å²) in [6, 6.07) is 6.28. The summed E-state index contributed by atoms with van der Waals surface area (Å²) in [5.74, 6) is 1.88. The van der Waals surface area contributed by atoms with E-state index in [0.29, 0.717) is 6.54 Å². The zero-order valence-corrected chi connectivity index (χ0v) is 13.5. The molecule has 0 amide bonds. The summed E-state index contributed by atoms with van der Waals surface area (Å²) in [6.45, 7) is 1.45. The van der Waals surface area contributed by atoms with Crippen molar-refractivity contribution < 1.29 is 4.74 Å². The monoisotopic (exact) mass is 361 g/mol. The molecule has 6 heteroatoms. The van der Waals surface area contributed by atoms with E-state index in [9.17, 15) is 0 Å². The van der Waals surface area contributed by atoms with Crippen molar-refractivity contribution in [3.63, 3.8) is 0 Å². The van der Waals surface area contributed by atoms with E-state index in [1.165, 1.54) is 5.56 Å². The van der Waals surface area contributed by atoms with Gasteiger partial charge in [0.05, 0.1) is 12.0 Å². The van der Waals surface area contributed by atoms with E-state index in [-0.39, 0.29) is 0 Å². The number of thiophene rings is 1. The maximum atomic E-state index is 5.75. The van der Waals surface area contributed by atoms with Crippen LogP contribution in [0, 0.1) is 0 Å². The third kappa shape index (κ3) is 2.38. The van der Waals surface area contributed by atoms with Crippen molar-refractivity contribution in [3.8, 4) is 5.75 Å². The molecule has 1 aliphatic heterocycles. The number of halogens is 1. The largest absolute Gasteiger partial charge is 0.493 e. The molecule has 4 rings (SSSR count). The summed E-state index contributed by atoms with van der Waals surface area (Å²) in [5.41, 5.74) is 2.42. The number of fused-ring (bicyclic) bond motifs is 2. The smallest absolute Gasteiger partial charge is 0.138 e. The Morgan fingerprint density at radius 3 is 3.24 bits per heavy atom. The number of anilines is 1. The minimum Gasteiger partial charge on any atom is -0.493 e. The van der Waals surface area contributed by atoms with Crippen LogP contribution < -0.4 is 10.1 Å². The first kappa shape index (κ1) is 13.0. The Morgan fingerprint density at radius 2 is 2.29 bits per heavy atom. The fourth-order valence-corrected chi connectivity index (χ4v) is 3.87. The number of hydrogen-bond donors (Lipinski definition) is 1. The molecule has 21 heavy (non-hydrogen) atoms. The third-order valence-corrected chi connectivity index (χ3v) is 4.81. The molecule has 106 valence electrons. The van der Waals surface area contributed by atoms with Crippen molar-refractivity contribution in [2.75, 3.05) is 11.9 Å². The Balaban J connectivity index is 1.64. The predicted octanol–water partition coefficient (Wildman–Crippen LogP) is 4.00. The quantitative estimate of drug-likeness (QED) is 0.765. The van der Waals surface area contributed by atoms with Crippen LogP contribution in [-0.2, 0) is 13.0 Å². The fraction of sp³-hybridized carbons (Fsp3) is 0.200. The molecule has 0 radical (unpaired) electrons. The molecule has 0 atom stereocenters. The molecule has 0 aliphatic carbocycles. The van der Waals surface area contributed by atoms with Crippen LogP contribution in [0.25, 0.3) is 10.2 Å². The molecule has 4 nitrogen and oxygen atoms in total. The van der Waals surface area contributed by atoms with E-state index >= 15 is 0 Å². The number of benzene rings is 1. The van der Waals surface area contributed by atoms with Crippen LogP contribution in [-0.4, -0.2) is 16.6 Å². The van der Waals surface area contributed by atoms with E-state index in [1.54, 1.807) is 17.7 Å². The number of ether oxygens (including phenoxy) is 1. The Labute approximate surface area is 134 Å². The number of aromatic nitrogens is 2. The highest BCUT2D eigenvalue weighted by Crippen LogP contribution is 2.33. The zero-order chi connectivity index (χ0) is 14.2. The lowest BCUT2D eigenvalue weighted by Crippen LogP contribution is -2.03. The molecular formula is C15H12BrN3OS. The van der Waals surface area contributed by atoms with Crippen molar-refractivity contribution in [2.45, 2.75) is 13.0 Å². The Kier molecular flexibility index (Phi) is 3.27. The fourth-order valence-electron chi connectivity index (χ4n) is 2.59. The first-order valence-corrected chi connectivity index (χ1v) is 8.35. The second-order valence-corrected chi connectivity index (χ2v) is 6.68. The maximum Gasteiger partial charge on any atom is 0.138 e. The van der Waals surface area contributed by atoms with Crippen LogP contribution in [0.4, 0.5) is 5.82 Å². The van der Waals surface area contributed by atoms with E-state index < -0.39 is 0 Å². The number of hydrogen-bond acceptors (Lipinski definition) is 5. The molecule has 1 N–H and O–H groups in total. The summed E-state index contributed by atoms with van der Waals surface area (Å²) in [4.78, 5) is 9.61. The van der Waals surface area contributed by atoms with E-state index in [2.05, 4.69) is 43.3 Å². The lowest BCUT2D eigenvalue weighted by atomic mass is 10.1. The number of rotatable bonds is 3. The van der Waals surface area contributed by atoms with Gasteiger partial charge in [-0.25, -0.2) is 9.97 Å². The lowest BCUT2D eigenvalue weighted by molar-refractivity contribution is 0.354. The summed E-state index contributed by atoms with van der Waals surface area (Å²) in [7, 11) is 0. The third-order valence-electron chi connectivity index (χ3n) is 3.53. The molecule has 0 saturated heterocycles. The second kappa shape index (κ2) is 5.27. The first-order valence-electron chi connectivity index (χ1n) is 6.67. The van der Waals surface area contributed by atoms with Gasteiger partial charge in [-0.3, -0.25) is 0 Å². The molecule has 0 fully saturated rings. The Bertz CT molecular complexity index is 818. The Hall–Kier alpha value is -1.66. The van der Waals surface area contributed by atoms with Gasteiger partial charge in [0.15, 0.2) is 0 Å². The van der Waals surface area contributed by atoms with Gasteiger partial charge in [0.1, 0.15) is 22.7 Å². The topological polar surface area (TPSA) is 47.0 Å². The molecule has 0 saturated carbocycles. The van der Waals surface area contributed by atoms with Gasteiger partial charge in [0.2, 0.25) is 0 Å². The highest BCUT2D eigenvalue weighted by atomic mass is 79.9. The van der Waals surface area contributed by atoms with Crippen molar-refractivity contribution in [1.29, 1.82) is 0 Å². The van der Waals surface area contributed by atoms with Gasteiger partial charge in [-0.2, -0.15) is 0 Å². The maximum absolute atomic E-state index is 5.75. The van der Waals surface area contributed by atoms with Crippen molar-refractivity contribution >= 4 is 43.3 Å². The molecule has 2 aromatic heterocycles. The van der Waals surface area contributed by atoms with Gasteiger partial charge in [-0.1, -0.05) is 15.9 Å². The van der Waals surface area contributed by atoms with Crippen molar-refractivity contribution in [3.05, 3.63) is 45.5 Å². The van der Waals surface area contributed by atoms with Gasteiger partial charge in [0, 0.05) is 23.0 Å². The highest BCUT2D eigenvalue weighted by Gasteiger charge is 2.17.